The van der Waals surface area contributed by atoms with Gasteiger partial charge in [-0.15, -0.1) is 11.6 Å². The molecule has 5 heteroatoms. The van der Waals surface area contributed by atoms with E-state index in [1.165, 1.54) is 0 Å². The van der Waals surface area contributed by atoms with Crippen LogP contribution in [-0.4, -0.2) is 23.8 Å². The summed E-state index contributed by atoms with van der Waals surface area (Å²) in [7, 11) is 0. The molecule has 1 amide bonds. The smallest absolute Gasteiger partial charge is 0.248 e. The number of carbonyl (C=O) groups excluding carboxylic acids is 1. The fourth-order valence-electron chi connectivity index (χ4n) is 1.56. The molecule has 0 radical (unpaired) electrons. The summed E-state index contributed by atoms with van der Waals surface area (Å²) in [6.07, 6.45) is -0.230. The van der Waals surface area contributed by atoms with Crippen molar-refractivity contribution in [2.45, 2.75) is 37.5 Å². The summed E-state index contributed by atoms with van der Waals surface area (Å²) in [6.45, 7) is 2.08. The molecule has 0 aromatic heterocycles. The minimum absolute atomic E-state index is 0.166. The highest BCUT2D eigenvalue weighted by Gasteiger charge is 2.42. The van der Waals surface area contributed by atoms with Crippen molar-refractivity contribution in [3.8, 4) is 0 Å². The van der Waals surface area contributed by atoms with Gasteiger partial charge < -0.3 is 5.32 Å². The van der Waals surface area contributed by atoms with Gasteiger partial charge in [0, 0.05) is 30.7 Å². The number of amides is 1. The van der Waals surface area contributed by atoms with Gasteiger partial charge in [0.05, 0.1) is 0 Å². The molecule has 0 spiro atoms. The molecule has 0 bridgehead atoms. The minimum atomic E-state index is -2.66. The lowest BCUT2D eigenvalue weighted by Gasteiger charge is -2.11. The molecule has 2 atom stereocenters. The van der Waals surface area contributed by atoms with Crippen LogP contribution in [0.2, 0.25) is 0 Å². The molecule has 1 aliphatic rings. The van der Waals surface area contributed by atoms with Crippen LogP contribution in [0.25, 0.3) is 0 Å². The Kier molecular flexibility index (Phi) is 3.70. The highest BCUT2D eigenvalue weighted by molar-refractivity contribution is 6.20. The van der Waals surface area contributed by atoms with E-state index in [0.29, 0.717) is 6.54 Å². The van der Waals surface area contributed by atoms with Crippen LogP contribution in [0.1, 0.15) is 26.2 Å². The van der Waals surface area contributed by atoms with Crippen LogP contribution >= 0.6 is 11.6 Å². The summed E-state index contributed by atoms with van der Waals surface area (Å²) >= 11 is 5.62. The van der Waals surface area contributed by atoms with Crippen LogP contribution < -0.4 is 5.32 Å². The molecule has 1 fully saturated rings. The van der Waals surface area contributed by atoms with Crippen molar-refractivity contribution in [1.82, 2.24) is 5.32 Å². The normalized spacial score (nSPS) is 27.3. The van der Waals surface area contributed by atoms with Crippen molar-refractivity contribution in [2.24, 2.45) is 5.92 Å². The Morgan fingerprint density at radius 1 is 1.71 bits per heavy atom. The fourth-order valence-corrected chi connectivity index (χ4v) is 1.64. The van der Waals surface area contributed by atoms with Gasteiger partial charge in [-0.3, -0.25) is 4.79 Å². The number of alkyl halides is 3. The van der Waals surface area contributed by atoms with E-state index in [1.54, 1.807) is 6.92 Å². The molecule has 0 aliphatic heterocycles. The zero-order chi connectivity index (χ0) is 10.8. The Morgan fingerprint density at radius 2 is 2.36 bits per heavy atom. The summed E-state index contributed by atoms with van der Waals surface area (Å²) in [5.41, 5.74) is 0. The third-order valence-electron chi connectivity index (χ3n) is 2.33. The van der Waals surface area contributed by atoms with E-state index in [-0.39, 0.29) is 30.5 Å². The number of halogens is 3. The highest BCUT2D eigenvalue weighted by atomic mass is 35.5. The largest absolute Gasteiger partial charge is 0.354 e. The topological polar surface area (TPSA) is 29.1 Å². The first-order valence-electron chi connectivity index (χ1n) is 4.70. The monoisotopic (exact) mass is 225 g/mol. The molecule has 2 unspecified atom stereocenters. The Balaban J connectivity index is 2.33. The number of nitrogens with one attached hydrogen (secondary N) is 1. The average molecular weight is 226 g/mol. The zero-order valence-corrected chi connectivity index (χ0v) is 8.78. The first-order valence-corrected chi connectivity index (χ1v) is 5.14. The lowest BCUT2D eigenvalue weighted by atomic mass is 10.1. The SMILES string of the molecule is CC(Cl)CNC(=O)C1CCC(F)(F)C1. The summed E-state index contributed by atoms with van der Waals surface area (Å²) in [5.74, 6) is -3.50. The van der Waals surface area contributed by atoms with Crippen molar-refractivity contribution < 1.29 is 13.6 Å². The molecule has 0 heterocycles. The minimum Gasteiger partial charge on any atom is -0.354 e. The molecular formula is C9H14ClF2NO. The summed E-state index contributed by atoms with van der Waals surface area (Å²) < 4.78 is 25.5. The quantitative estimate of drug-likeness (QED) is 0.733. The van der Waals surface area contributed by atoms with E-state index < -0.39 is 11.8 Å². The van der Waals surface area contributed by atoms with E-state index in [4.69, 9.17) is 11.6 Å². The lowest BCUT2D eigenvalue weighted by molar-refractivity contribution is -0.125. The first-order chi connectivity index (χ1) is 6.41. The van der Waals surface area contributed by atoms with Crippen molar-refractivity contribution in [1.29, 1.82) is 0 Å². The van der Waals surface area contributed by atoms with Crippen LogP contribution in [0, 0.1) is 5.92 Å². The maximum atomic E-state index is 12.7. The van der Waals surface area contributed by atoms with Crippen molar-refractivity contribution in [3.05, 3.63) is 0 Å². The Morgan fingerprint density at radius 3 is 2.79 bits per heavy atom. The van der Waals surface area contributed by atoms with Crippen LogP contribution in [-0.2, 0) is 4.79 Å². The van der Waals surface area contributed by atoms with E-state index in [9.17, 15) is 13.6 Å². The molecule has 1 rings (SSSR count). The third-order valence-corrected chi connectivity index (χ3v) is 2.49. The van der Waals surface area contributed by atoms with E-state index in [0.717, 1.165) is 0 Å². The van der Waals surface area contributed by atoms with Crippen molar-refractivity contribution in [2.75, 3.05) is 6.54 Å². The van der Waals surface area contributed by atoms with Gasteiger partial charge in [-0.05, 0) is 13.3 Å². The molecule has 0 saturated heterocycles. The fraction of sp³-hybridized carbons (Fsp3) is 0.889. The van der Waals surface area contributed by atoms with Crippen LogP contribution in [0.4, 0.5) is 8.78 Å². The Hall–Kier alpha value is -0.380. The number of hydrogen-bond acceptors (Lipinski definition) is 1. The molecule has 82 valence electrons. The van der Waals surface area contributed by atoms with Crippen LogP contribution in [0.15, 0.2) is 0 Å². The predicted molar refractivity (Wildman–Crippen MR) is 50.6 cm³/mol. The molecule has 14 heavy (non-hydrogen) atoms. The van der Waals surface area contributed by atoms with E-state index in [2.05, 4.69) is 5.32 Å². The van der Waals surface area contributed by atoms with E-state index in [1.807, 2.05) is 0 Å². The Labute approximate surface area is 87.0 Å². The summed E-state index contributed by atoms with van der Waals surface area (Å²) in [5, 5.41) is 2.39. The second kappa shape index (κ2) is 4.43. The van der Waals surface area contributed by atoms with Gasteiger partial charge in [-0.25, -0.2) is 8.78 Å². The third kappa shape index (κ3) is 3.40. The molecule has 0 aromatic rings. The van der Waals surface area contributed by atoms with Gasteiger partial charge in [0.25, 0.3) is 0 Å². The maximum absolute atomic E-state index is 12.7. The molecular weight excluding hydrogens is 212 g/mol. The molecule has 2 nitrogen and oxygen atoms in total. The predicted octanol–water partition coefficient (Wildman–Crippen LogP) is 2.17. The highest BCUT2D eigenvalue weighted by Crippen LogP contribution is 2.38. The maximum Gasteiger partial charge on any atom is 0.248 e. The number of rotatable bonds is 3. The standard InChI is InChI=1S/C9H14ClF2NO/c1-6(10)5-13-8(14)7-2-3-9(11,12)4-7/h6-7H,2-5H2,1H3,(H,13,14). The number of carbonyl (C=O) groups is 1. The lowest BCUT2D eigenvalue weighted by Crippen LogP contribution is -2.33. The van der Waals surface area contributed by atoms with Gasteiger partial charge >= 0.3 is 0 Å². The number of hydrogen-bond donors (Lipinski definition) is 1. The average Bonchev–Trinajstić information content (AvgIpc) is 2.41. The zero-order valence-electron chi connectivity index (χ0n) is 8.03. The van der Waals surface area contributed by atoms with Gasteiger partial charge in [-0.2, -0.15) is 0 Å². The first kappa shape index (κ1) is 11.7. The second-order valence-electron chi connectivity index (χ2n) is 3.82. The molecule has 0 aromatic carbocycles. The van der Waals surface area contributed by atoms with E-state index >= 15 is 0 Å². The molecule has 1 aliphatic carbocycles. The van der Waals surface area contributed by atoms with Crippen LogP contribution in [0.5, 0.6) is 0 Å². The van der Waals surface area contributed by atoms with Gasteiger partial charge in [0.15, 0.2) is 0 Å². The molecule has 1 saturated carbocycles. The van der Waals surface area contributed by atoms with Gasteiger partial charge in [0.1, 0.15) is 0 Å². The Bertz CT molecular complexity index is 221. The van der Waals surface area contributed by atoms with Gasteiger partial charge in [-0.1, -0.05) is 0 Å². The molecule has 1 N–H and O–H groups in total. The van der Waals surface area contributed by atoms with Crippen LogP contribution in [0.3, 0.4) is 0 Å². The summed E-state index contributed by atoms with van der Waals surface area (Å²) in [6, 6.07) is 0. The van der Waals surface area contributed by atoms with Crippen molar-refractivity contribution >= 4 is 17.5 Å². The van der Waals surface area contributed by atoms with Crippen molar-refractivity contribution in [3.63, 3.8) is 0 Å². The summed E-state index contributed by atoms with van der Waals surface area (Å²) in [4.78, 5) is 11.3. The van der Waals surface area contributed by atoms with Gasteiger partial charge in [0.2, 0.25) is 11.8 Å². The second-order valence-corrected chi connectivity index (χ2v) is 4.57.